The van der Waals surface area contributed by atoms with Crippen molar-refractivity contribution in [2.24, 2.45) is 5.92 Å². The van der Waals surface area contributed by atoms with Crippen molar-refractivity contribution in [3.63, 3.8) is 0 Å². The second-order valence-corrected chi connectivity index (χ2v) is 7.70. The third kappa shape index (κ3) is 4.01. The summed E-state index contributed by atoms with van der Waals surface area (Å²) in [6.45, 7) is 8.31. The molecule has 2 aromatic rings. The Morgan fingerprint density at radius 3 is 2.60 bits per heavy atom. The van der Waals surface area contributed by atoms with E-state index in [9.17, 15) is 4.39 Å². The number of halogens is 1. The third-order valence-electron chi connectivity index (χ3n) is 5.62. The number of anilines is 2. The molecule has 8 heteroatoms. The molecule has 0 unspecified atom stereocenters. The van der Waals surface area contributed by atoms with Gasteiger partial charge in [-0.05, 0) is 31.9 Å². The van der Waals surface area contributed by atoms with Crippen LogP contribution in [0.25, 0.3) is 12.2 Å². The number of nitrogens with zero attached hydrogens (tertiary/aromatic N) is 7. The summed E-state index contributed by atoms with van der Waals surface area (Å²) < 4.78 is 13.2. The van der Waals surface area contributed by atoms with Crippen molar-refractivity contribution >= 4 is 23.9 Å². The molecule has 4 rings (SSSR count). The molecule has 7 nitrogen and oxygen atoms in total. The Kier molecular flexibility index (Phi) is 5.70. The molecular formula is C22H24FN7. The lowest BCUT2D eigenvalue weighted by Gasteiger charge is -2.40. The zero-order chi connectivity index (χ0) is 21.1. The Morgan fingerprint density at radius 1 is 1.20 bits per heavy atom. The van der Waals surface area contributed by atoms with Crippen LogP contribution in [0, 0.1) is 17.2 Å². The molecule has 0 saturated carbocycles. The predicted octanol–water partition coefficient (Wildman–Crippen LogP) is 3.58. The largest absolute Gasteiger partial charge is 0.355 e. The molecular weight excluding hydrogens is 381 g/mol. The van der Waals surface area contributed by atoms with Gasteiger partial charge in [0.15, 0.2) is 5.82 Å². The summed E-state index contributed by atoms with van der Waals surface area (Å²) >= 11 is 0. The van der Waals surface area contributed by atoms with Crippen molar-refractivity contribution in [3.8, 4) is 6.07 Å². The van der Waals surface area contributed by atoms with Crippen LogP contribution in [0.4, 0.5) is 16.2 Å². The van der Waals surface area contributed by atoms with Crippen LogP contribution in [0.2, 0.25) is 0 Å². The van der Waals surface area contributed by atoms with Crippen LogP contribution in [-0.2, 0) is 0 Å². The second-order valence-electron chi connectivity index (χ2n) is 7.70. The fraction of sp³-hybridized carbons (Fsp3) is 0.409. The van der Waals surface area contributed by atoms with Crippen LogP contribution in [-0.4, -0.2) is 46.1 Å². The van der Waals surface area contributed by atoms with E-state index in [2.05, 4.69) is 42.4 Å². The van der Waals surface area contributed by atoms with E-state index < -0.39 is 0 Å². The van der Waals surface area contributed by atoms with E-state index in [1.807, 2.05) is 0 Å². The normalized spacial score (nSPS) is 18.1. The molecule has 0 bridgehead atoms. The van der Waals surface area contributed by atoms with Crippen LogP contribution >= 0.6 is 0 Å². The first-order valence-corrected chi connectivity index (χ1v) is 10.1. The van der Waals surface area contributed by atoms with E-state index >= 15 is 0 Å². The van der Waals surface area contributed by atoms with Gasteiger partial charge in [0.1, 0.15) is 0 Å². The summed E-state index contributed by atoms with van der Waals surface area (Å²) in [5, 5.41) is 9.13. The van der Waals surface area contributed by atoms with Gasteiger partial charge < -0.3 is 9.80 Å². The molecule has 0 N–H and O–H groups in total. The zero-order valence-electron chi connectivity index (χ0n) is 17.0. The number of hydrogen-bond donors (Lipinski definition) is 0. The molecule has 154 valence electrons. The topological polar surface area (TPSA) is 81.8 Å². The van der Waals surface area contributed by atoms with Gasteiger partial charge in [-0.15, -0.1) is 0 Å². The molecule has 0 atom stereocenters. The first-order valence-electron chi connectivity index (χ1n) is 10.1. The Hall–Kier alpha value is -3.34. The minimum atomic E-state index is -0.299. The second kappa shape index (κ2) is 8.57. The molecule has 2 fully saturated rings. The molecule has 2 saturated heterocycles. The van der Waals surface area contributed by atoms with Crippen molar-refractivity contribution in [3.05, 3.63) is 47.9 Å². The standard InChI is InChI=1S/C22H24FN7/c1-3-19-17(10-15(2)23)12-27-22(28-19)30-13-18(14-30)20-21(26-7-6-25-20)29-8-4-16(11-24)5-9-29/h3,6-7,10,12,16,18H,1,4-5,8-9,13-14H2,2H3/b15-10+. The fourth-order valence-electron chi connectivity index (χ4n) is 3.94. The van der Waals surface area contributed by atoms with E-state index in [1.165, 1.54) is 13.0 Å². The van der Waals surface area contributed by atoms with Crippen LogP contribution in [0.15, 0.2) is 31.0 Å². The van der Waals surface area contributed by atoms with Crippen molar-refractivity contribution < 1.29 is 4.39 Å². The first-order chi connectivity index (χ1) is 14.6. The Morgan fingerprint density at radius 2 is 1.93 bits per heavy atom. The van der Waals surface area contributed by atoms with Gasteiger partial charge in [0.25, 0.3) is 0 Å². The summed E-state index contributed by atoms with van der Waals surface area (Å²) in [6.07, 6.45) is 9.83. The quantitative estimate of drug-likeness (QED) is 0.752. The van der Waals surface area contributed by atoms with Gasteiger partial charge >= 0.3 is 0 Å². The van der Waals surface area contributed by atoms with E-state index in [-0.39, 0.29) is 17.7 Å². The van der Waals surface area contributed by atoms with Gasteiger partial charge in [0.2, 0.25) is 5.95 Å². The van der Waals surface area contributed by atoms with Crippen molar-refractivity contribution in [1.29, 1.82) is 5.26 Å². The van der Waals surface area contributed by atoms with Gasteiger partial charge in [-0.25, -0.2) is 19.3 Å². The molecule has 0 spiro atoms. The zero-order valence-corrected chi connectivity index (χ0v) is 17.0. The number of nitriles is 1. The maximum Gasteiger partial charge on any atom is 0.225 e. The number of allylic oxidation sites excluding steroid dienone is 1. The van der Waals surface area contributed by atoms with Crippen LogP contribution < -0.4 is 9.80 Å². The SMILES string of the molecule is C=Cc1nc(N2CC(c3nccnc3N3CCC(C#N)CC3)C2)ncc1/C=C(\C)F. The maximum atomic E-state index is 13.2. The highest BCUT2D eigenvalue weighted by Crippen LogP contribution is 2.34. The minimum Gasteiger partial charge on any atom is -0.355 e. The third-order valence-corrected chi connectivity index (χ3v) is 5.62. The molecule has 4 heterocycles. The lowest BCUT2D eigenvalue weighted by Crippen LogP contribution is -2.47. The lowest BCUT2D eigenvalue weighted by molar-refractivity contribution is 0.472. The molecule has 2 aromatic heterocycles. The number of piperidine rings is 1. The maximum absolute atomic E-state index is 13.2. The van der Waals surface area contributed by atoms with E-state index in [0.29, 0.717) is 17.2 Å². The van der Waals surface area contributed by atoms with Crippen molar-refractivity contribution in [1.82, 2.24) is 19.9 Å². The summed E-state index contributed by atoms with van der Waals surface area (Å²) in [6, 6.07) is 2.37. The van der Waals surface area contributed by atoms with Gasteiger partial charge in [-0.2, -0.15) is 5.26 Å². The fourth-order valence-corrected chi connectivity index (χ4v) is 3.94. The molecule has 0 amide bonds. The average Bonchev–Trinajstić information content (AvgIpc) is 2.73. The monoisotopic (exact) mass is 405 g/mol. The number of hydrogen-bond acceptors (Lipinski definition) is 7. The molecule has 30 heavy (non-hydrogen) atoms. The lowest BCUT2D eigenvalue weighted by atomic mass is 9.94. The molecule has 0 aromatic carbocycles. The average molecular weight is 405 g/mol. The summed E-state index contributed by atoms with van der Waals surface area (Å²) in [5.41, 5.74) is 2.21. The molecule has 2 aliphatic heterocycles. The highest BCUT2D eigenvalue weighted by Gasteiger charge is 2.35. The van der Waals surface area contributed by atoms with Crippen molar-refractivity contribution in [2.75, 3.05) is 36.0 Å². The number of aromatic nitrogens is 4. The predicted molar refractivity (Wildman–Crippen MR) is 114 cm³/mol. The van der Waals surface area contributed by atoms with E-state index in [1.54, 1.807) is 24.7 Å². The van der Waals surface area contributed by atoms with Crippen molar-refractivity contribution in [2.45, 2.75) is 25.7 Å². The minimum absolute atomic E-state index is 0.135. The van der Waals surface area contributed by atoms with Crippen LogP contribution in [0.1, 0.15) is 42.6 Å². The van der Waals surface area contributed by atoms with Crippen LogP contribution in [0.3, 0.4) is 0 Å². The Balaban J connectivity index is 1.47. The van der Waals surface area contributed by atoms with E-state index in [4.69, 9.17) is 5.26 Å². The Labute approximate surface area is 175 Å². The van der Waals surface area contributed by atoms with Gasteiger partial charge in [-0.3, -0.25) is 4.98 Å². The smallest absolute Gasteiger partial charge is 0.225 e. The van der Waals surface area contributed by atoms with E-state index in [0.717, 1.165) is 50.5 Å². The number of rotatable bonds is 5. The van der Waals surface area contributed by atoms with Crippen LogP contribution in [0.5, 0.6) is 0 Å². The summed E-state index contributed by atoms with van der Waals surface area (Å²) in [5.74, 6) is 1.61. The molecule has 2 aliphatic rings. The highest BCUT2D eigenvalue weighted by atomic mass is 19.1. The van der Waals surface area contributed by atoms with Gasteiger partial charge in [0.05, 0.1) is 23.3 Å². The summed E-state index contributed by atoms with van der Waals surface area (Å²) in [7, 11) is 0. The molecule has 0 radical (unpaired) electrons. The first kappa shape index (κ1) is 20.0. The highest BCUT2D eigenvalue weighted by molar-refractivity contribution is 5.63. The van der Waals surface area contributed by atoms with Gasteiger partial charge in [-0.1, -0.05) is 6.58 Å². The van der Waals surface area contributed by atoms with Gasteiger partial charge in [0, 0.05) is 62.2 Å². The summed E-state index contributed by atoms with van der Waals surface area (Å²) in [4.78, 5) is 22.5. The Bertz CT molecular complexity index is 995. The molecule has 0 aliphatic carbocycles.